The summed E-state index contributed by atoms with van der Waals surface area (Å²) in [4.78, 5) is 15.7. The zero-order chi connectivity index (χ0) is 26.0. The van der Waals surface area contributed by atoms with Gasteiger partial charge in [0.15, 0.2) is 11.6 Å². The Bertz CT molecular complexity index is 1610. The van der Waals surface area contributed by atoms with Gasteiger partial charge in [-0.1, -0.05) is 13.8 Å². The zero-order valence-electron chi connectivity index (χ0n) is 20.6. The summed E-state index contributed by atoms with van der Waals surface area (Å²) in [7, 11) is 0. The van der Waals surface area contributed by atoms with E-state index < -0.39 is 11.6 Å². The molecule has 1 fully saturated rings. The standard InChI is InChI=1S/C26H25F2N7OS/c1-11(2)33-18-4-5-35(12(18)3)26-32-7-14-15-9-36-10-16(15)19(21(28)22(14)34-26)23-20-13(6-29)25(30)37-24(20)17(27)8-31-23/h7-8,11-12,18,33H,4-5,9-10,30H2,1-3H3/t12-,18-/m1/s1. The maximum Gasteiger partial charge on any atom is 0.226 e. The summed E-state index contributed by atoms with van der Waals surface area (Å²) in [6, 6.07) is 2.79. The molecule has 1 saturated heterocycles. The molecule has 0 bridgehead atoms. The summed E-state index contributed by atoms with van der Waals surface area (Å²) in [5.74, 6) is -0.754. The quantitative estimate of drug-likeness (QED) is 0.400. The van der Waals surface area contributed by atoms with Gasteiger partial charge in [0.1, 0.15) is 16.6 Å². The molecule has 0 radical (unpaired) electrons. The van der Waals surface area contributed by atoms with Crippen molar-refractivity contribution in [3.63, 3.8) is 0 Å². The van der Waals surface area contributed by atoms with E-state index in [0.717, 1.165) is 36.1 Å². The van der Waals surface area contributed by atoms with Crippen molar-refractivity contribution in [2.75, 3.05) is 17.2 Å². The number of benzene rings is 1. The molecule has 11 heteroatoms. The second-order valence-electron chi connectivity index (χ2n) is 9.83. The van der Waals surface area contributed by atoms with Crippen LogP contribution < -0.4 is 16.0 Å². The number of nitriles is 1. The van der Waals surface area contributed by atoms with Crippen LogP contribution in [0.4, 0.5) is 19.7 Å². The Hall–Kier alpha value is -3.46. The number of nitrogen functional groups attached to an aromatic ring is 1. The van der Waals surface area contributed by atoms with Crippen LogP contribution in [0.25, 0.3) is 32.2 Å². The first-order valence-corrected chi connectivity index (χ1v) is 13.0. The van der Waals surface area contributed by atoms with Crippen LogP contribution in [0, 0.1) is 23.0 Å². The van der Waals surface area contributed by atoms with Crippen LogP contribution in [-0.4, -0.2) is 39.6 Å². The predicted molar refractivity (Wildman–Crippen MR) is 139 cm³/mol. The highest BCUT2D eigenvalue weighted by Gasteiger charge is 2.34. The number of halogens is 2. The highest BCUT2D eigenvalue weighted by molar-refractivity contribution is 7.23. The molecule has 2 aliphatic rings. The van der Waals surface area contributed by atoms with Gasteiger partial charge in [0.2, 0.25) is 5.95 Å². The van der Waals surface area contributed by atoms with Gasteiger partial charge in [-0.15, -0.1) is 11.3 Å². The van der Waals surface area contributed by atoms with E-state index in [0.29, 0.717) is 22.9 Å². The number of nitrogens with zero attached hydrogens (tertiary/aromatic N) is 5. The summed E-state index contributed by atoms with van der Waals surface area (Å²) < 4.78 is 37.0. The minimum absolute atomic E-state index is 0.0899. The summed E-state index contributed by atoms with van der Waals surface area (Å²) in [6.45, 7) is 7.51. The minimum Gasteiger partial charge on any atom is -0.389 e. The number of nitrogens with two attached hydrogens (primary N) is 1. The third kappa shape index (κ3) is 3.62. The Labute approximate surface area is 216 Å². The average Bonchev–Trinajstić information content (AvgIpc) is 3.58. The minimum atomic E-state index is -0.608. The largest absolute Gasteiger partial charge is 0.389 e. The van der Waals surface area contributed by atoms with E-state index in [1.165, 1.54) is 0 Å². The Morgan fingerprint density at radius 1 is 1.24 bits per heavy atom. The topological polar surface area (TPSA) is 113 Å². The van der Waals surface area contributed by atoms with Gasteiger partial charge in [0.05, 0.1) is 35.4 Å². The van der Waals surface area contributed by atoms with Crippen molar-refractivity contribution in [2.24, 2.45) is 0 Å². The fourth-order valence-corrected chi connectivity index (χ4v) is 6.47. The number of nitrogens with one attached hydrogen (secondary N) is 1. The third-order valence-electron chi connectivity index (χ3n) is 7.29. The number of anilines is 2. The van der Waals surface area contributed by atoms with Gasteiger partial charge in [0, 0.05) is 47.2 Å². The number of hydrogen-bond donors (Lipinski definition) is 2. The number of rotatable bonds is 4. The molecule has 0 amide bonds. The Morgan fingerprint density at radius 3 is 2.78 bits per heavy atom. The molecule has 0 saturated carbocycles. The van der Waals surface area contributed by atoms with Crippen LogP contribution in [0.1, 0.15) is 43.9 Å². The van der Waals surface area contributed by atoms with E-state index in [9.17, 15) is 9.65 Å². The van der Waals surface area contributed by atoms with Gasteiger partial charge >= 0.3 is 0 Å². The fourth-order valence-electron chi connectivity index (χ4n) is 5.55. The number of aromatic nitrogens is 3. The van der Waals surface area contributed by atoms with E-state index >= 15 is 4.39 Å². The lowest BCUT2D eigenvalue weighted by Crippen LogP contribution is -2.43. The molecule has 3 aromatic heterocycles. The van der Waals surface area contributed by atoms with Crippen molar-refractivity contribution < 1.29 is 13.5 Å². The van der Waals surface area contributed by atoms with Gasteiger partial charge in [-0.05, 0) is 24.5 Å². The summed E-state index contributed by atoms with van der Waals surface area (Å²) in [6.07, 6.45) is 3.63. The van der Waals surface area contributed by atoms with Crippen molar-refractivity contribution in [1.82, 2.24) is 20.3 Å². The maximum absolute atomic E-state index is 16.5. The molecule has 0 unspecified atom stereocenters. The van der Waals surface area contributed by atoms with Crippen molar-refractivity contribution in [3.05, 3.63) is 40.7 Å². The van der Waals surface area contributed by atoms with Crippen LogP contribution in [0.3, 0.4) is 0 Å². The van der Waals surface area contributed by atoms with E-state index in [1.54, 1.807) is 6.20 Å². The van der Waals surface area contributed by atoms with Crippen molar-refractivity contribution in [3.8, 4) is 17.3 Å². The lowest BCUT2D eigenvalue weighted by atomic mass is 9.94. The molecule has 5 heterocycles. The lowest BCUT2D eigenvalue weighted by Gasteiger charge is -2.26. The SMILES string of the molecule is CC(C)N[C@@H]1CCN(c2ncc3c4c(c(-c5ncc(F)c6sc(N)c(C#N)c56)c(F)c3n2)COC4)[C@@H]1C. The van der Waals surface area contributed by atoms with E-state index in [2.05, 4.69) is 41.0 Å². The molecule has 1 aromatic carbocycles. The van der Waals surface area contributed by atoms with Gasteiger partial charge in [-0.2, -0.15) is 5.26 Å². The molecule has 8 nitrogen and oxygen atoms in total. The summed E-state index contributed by atoms with van der Waals surface area (Å²) in [5, 5.41) is 14.3. The van der Waals surface area contributed by atoms with Crippen LogP contribution in [0.5, 0.6) is 0 Å². The molecule has 4 aromatic rings. The monoisotopic (exact) mass is 521 g/mol. The smallest absolute Gasteiger partial charge is 0.226 e. The molecule has 3 N–H and O–H groups in total. The van der Waals surface area contributed by atoms with Crippen LogP contribution >= 0.6 is 11.3 Å². The van der Waals surface area contributed by atoms with E-state index in [-0.39, 0.29) is 62.7 Å². The van der Waals surface area contributed by atoms with Gasteiger partial charge in [-0.25, -0.2) is 18.7 Å². The molecule has 6 rings (SSSR count). The second kappa shape index (κ2) is 8.83. The van der Waals surface area contributed by atoms with E-state index in [4.69, 9.17) is 15.5 Å². The first kappa shape index (κ1) is 23.9. The maximum atomic E-state index is 16.5. The third-order valence-corrected chi connectivity index (χ3v) is 8.32. The van der Waals surface area contributed by atoms with E-state index in [1.807, 2.05) is 6.07 Å². The van der Waals surface area contributed by atoms with Crippen LogP contribution in [0.2, 0.25) is 0 Å². The first-order valence-electron chi connectivity index (χ1n) is 12.2. The number of thiophene rings is 1. The summed E-state index contributed by atoms with van der Waals surface area (Å²) >= 11 is 0.954. The molecular formula is C26H25F2N7OS. The zero-order valence-corrected chi connectivity index (χ0v) is 21.4. The molecule has 2 atom stereocenters. The van der Waals surface area contributed by atoms with Crippen molar-refractivity contribution in [1.29, 1.82) is 5.26 Å². The second-order valence-corrected chi connectivity index (χ2v) is 10.9. The predicted octanol–water partition coefficient (Wildman–Crippen LogP) is 4.63. The molecule has 2 aliphatic heterocycles. The lowest BCUT2D eigenvalue weighted by molar-refractivity contribution is 0.135. The number of ether oxygens (including phenoxy) is 1. The number of hydrogen-bond acceptors (Lipinski definition) is 9. The normalized spacial score (nSPS) is 19.3. The Morgan fingerprint density at radius 2 is 2.03 bits per heavy atom. The van der Waals surface area contributed by atoms with Crippen molar-refractivity contribution in [2.45, 2.75) is 58.5 Å². The molecule has 37 heavy (non-hydrogen) atoms. The highest BCUT2D eigenvalue weighted by Crippen LogP contribution is 2.45. The average molecular weight is 522 g/mol. The molecular weight excluding hydrogens is 496 g/mol. The van der Waals surface area contributed by atoms with Gasteiger partial charge in [-0.3, -0.25) is 4.98 Å². The Balaban J connectivity index is 1.57. The highest BCUT2D eigenvalue weighted by atomic mass is 32.1. The van der Waals surface area contributed by atoms with Gasteiger partial charge < -0.3 is 20.7 Å². The molecule has 190 valence electrons. The number of pyridine rings is 1. The van der Waals surface area contributed by atoms with Crippen LogP contribution in [0.15, 0.2) is 12.4 Å². The first-order chi connectivity index (χ1) is 17.8. The van der Waals surface area contributed by atoms with Crippen molar-refractivity contribution >= 4 is 43.3 Å². The summed E-state index contributed by atoms with van der Waals surface area (Å²) in [5.41, 5.74) is 7.96. The van der Waals surface area contributed by atoms with Crippen LogP contribution in [-0.2, 0) is 18.0 Å². The Kier molecular flexibility index (Phi) is 5.71. The molecule has 0 spiro atoms. The number of fused-ring (bicyclic) bond motifs is 4. The van der Waals surface area contributed by atoms with Gasteiger partial charge in [0.25, 0.3) is 0 Å². The molecule has 0 aliphatic carbocycles. The fraction of sp³-hybridized carbons (Fsp3) is 0.385.